The molecule has 0 amide bonds. The van der Waals surface area contributed by atoms with Gasteiger partial charge in [-0.3, -0.25) is 0 Å². The number of rotatable bonds is 1. The van der Waals surface area contributed by atoms with E-state index in [1.807, 2.05) is 0 Å². The molecule has 3 N–H and O–H groups in total. The largest absolute Gasteiger partial charge is 0.478 e. The average Bonchev–Trinajstić information content (AvgIpc) is 1.88. The zero-order valence-corrected chi connectivity index (χ0v) is 7.33. The Morgan fingerprint density at radius 2 is 1.73 bits per heavy atom. The van der Waals surface area contributed by atoms with E-state index in [9.17, 15) is 4.79 Å². The standard InChI is InChI=1S/C7H7NO2.Ru/c8-6-3-1-5(2-4-6)7(9)10;/h1-4H,8H2,(H,9,10);. The number of hydrogen-bond acceptors (Lipinski definition) is 2. The maximum Gasteiger partial charge on any atom is 0.335 e. The third-order valence-corrected chi connectivity index (χ3v) is 1.16. The van der Waals surface area contributed by atoms with Gasteiger partial charge < -0.3 is 10.8 Å². The summed E-state index contributed by atoms with van der Waals surface area (Å²) >= 11 is 0. The number of nitrogens with two attached hydrogens (primary N) is 1. The molecule has 0 saturated carbocycles. The van der Waals surface area contributed by atoms with Crippen LogP contribution in [0.3, 0.4) is 0 Å². The molecule has 0 saturated heterocycles. The fraction of sp³-hybridized carbons (Fsp3) is 0. The zero-order valence-electron chi connectivity index (χ0n) is 5.60. The quantitative estimate of drug-likeness (QED) is 0.566. The van der Waals surface area contributed by atoms with Crippen molar-refractivity contribution in [2.45, 2.75) is 0 Å². The van der Waals surface area contributed by atoms with E-state index in [1.165, 1.54) is 12.1 Å². The average molecular weight is 238 g/mol. The minimum atomic E-state index is -0.931. The number of aromatic carboxylic acids is 1. The Balaban J connectivity index is 0.000001000. The number of carboxylic acid groups (broad SMARTS) is 1. The van der Waals surface area contributed by atoms with Crippen LogP contribution < -0.4 is 5.73 Å². The van der Waals surface area contributed by atoms with Gasteiger partial charge in [0, 0.05) is 25.2 Å². The molecule has 0 bridgehead atoms. The monoisotopic (exact) mass is 239 g/mol. The van der Waals surface area contributed by atoms with Crippen LogP contribution in [0.4, 0.5) is 5.69 Å². The third-order valence-electron chi connectivity index (χ3n) is 1.16. The summed E-state index contributed by atoms with van der Waals surface area (Å²) in [7, 11) is 0. The first kappa shape index (κ1) is 10.1. The molecule has 0 aliphatic rings. The zero-order chi connectivity index (χ0) is 7.56. The van der Waals surface area contributed by atoms with Gasteiger partial charge in [0.25, 0.3) is 0 Å². The summed E-state index contributed by atoms with van der Waals surface area (Å²) in [5.74, 6) is -0.931. The maximum atomic E-state index is 10.3. The Morgan fingerprint density at radius 3 is 2.09 bits per heavy atom. The second-order valence-corrected chi connectivity index (χ2v) is 1.93. The van der Waals surface area contributed by atoms with Crippen LogP contribution in [0.1, 0.15) is 10.4 Å². The molecule has 60 valence electrons. The molecule has 0 spiro atoms. The van der Waals surface area contributed by atoms with Crippen LogP contribution in [0.2, 0.25) is 0 Å². The van der Waals surface area contributed by atoms with Gasteiger partial charge >= 0.3 is 5.97 Å². The molecular weight excluding hydrogens is 231 g/mol. The normalized spacial score (nSPS) is 8.36. The van der Waals surface area contributed by atoms with Crippen LogP contribution in [0.5, 0.6) is 0 Å². The summed E-state index contributed by atoms with van der Waals surface area (Å²) in [6.07, 6.45) is 0. The van der Waals surface area contributed by atoms with Crippen LogP contribution in [0, 0.1) is 0 Å². The Hall–Kier alpha value is -0.887. The summed E-state index contributed by atoms with van der Waals surface area (Å²) in [6, 6.07) is 6.06. The van der Waals surface area contributed by atoms with Gasteiger partial charge in [-0.2, -0.15) is 0 Å². The molecule has 1 aromatic carbocycles. The van der Waals surface area contributed by atoms with Gasteiger partial charge in [-0.1, -0.05) is 0 Å². The Kier molecular flexibility index (Phi) is 3.76. The first-order chi connectivity index (χ1) is 4.70. The van der Waals surface area contributed by atoms with E-state index in [0.29, 0.717) is 5.69 Å². The van der Waals surface area contributed by atoms with E-state index < -0.39 is 5.97 Å². The van der Waals surface area contributed by atoms with Crippen molar-refractivity contribution in [2.75, 3.05) is 5.73 Å². The van der Waals surface area contributed by atoms with E-state index in [1.54, 1.807) is 12.1 Å². The fourth-order valence-corrected chi connectivity index (χ4v) is 0.626. The minimum absolute atomic E-state index is 0. The first-order valence-electron chi connectivity index (χ1n) is 2.79. The van der Waals surface area contributed by atoms with Crippen molar-refractivity contribution in [3.05, 3.63) is 29.8 Å². The summed E-state index contributed by atoms with van der Waals surface area (Å²) < 4.78 is 0. The van der Waals surface area contributed by atoms with Gasteiger partial charge in [0.05, 0.1) is 5.56 Å². The molecule has 11 heavy (non-hydrogen) atoms. The molecule has 1 rings (SSSR count). The van der Waals surface area contributed by atoms with Gasteiger partial charge in [0.1, 0.15) is 0 Å². The fourth-order valence-electron chi connectivity index (χ4n) is 0.626. The van der Waals surface area contributed by atoms with E-state index in [-0.39, 0.29) is 25.0 Å². The van der Waals surface area contributed by atoms with Crippen molar-refractivity contribution >= 4 is 11.7 Å². The van der Waals surface area contributed by atoms with Crippen molar-refractivity contribution in [1.82, 2.24) is 0 Å². The van der Waals surface area contributed by atoms with Crippen LogP contribution in [-0.2, 0) is 19.5 Å². The second kappa shape index (κ2) is 4.09. The molecule has 0 fully saturated rings. The summed E-state index contributed by atoms with van der Waals surface area (Å²) in [6.45, 7) is 0. The van der Waals surface area contributed by atoms with Crippen LogP contribution in [-0.4, -0.2) is 11.1 Å². The number of carboxylic acids is 1. The molecule has 4 heteroatoms. The van der Waals surface area contributed by atoms with E-state index in [0.717, 1.165) is 0 Å². The molecule has 3 nitrogen and oxygen atoms in total. The SMILES string of the molecule is Nc1ccc(C(=O)O)cc1.[Ru]. The number of benzene rings is 1. The molecule has 0 aromatic heterocycles. The number of hydrogen-bond donors (Lipinski definition) is 2. The summed E-state index contributed by atoms with van der Waals surface area (Å²) in [5.41, 5.74) is 6.17. The smallest absolute Gasteiger partial charge is 0.335 e. The van der Waals surface area contributed by atoms with Crippen molar-refractivity contribution in [1.29, 1.82) is 0 Å². The first-order valence-corrected chi connectivity index (χ1v) is 2.79. The number of carbonyl (C=O) groups is 1. The molecule has 1 aromatic rings. The van der Waals surface area contributed by atoms with E-state index >= 15 is 0 Å². The number of nitrogen functional groups attached to an aromatic ring is 1. The summed E-state index contributed by atoms with van der Waals surface area (Å²) in [5, 5.41) is 8.43. The second-order valence-electron chi connectivity index (χ2n) is 1.93. The Morgan fingerprint density at radius 1 is 1.27 bits per heavy atom. The van der Waals surface area contributed by atoms with Crippen LogP contribution >= 0.6 is 0 Å². The molecule has 0 atom stereocenters. The third kappa shape index (κ3) is 2.68. The van der Waals surface area contributed by atoms with Crippen LogP contribution in [0.25, 0.3) is 0 Å². The topological polar surface area (TPSA) is 63.3 Å². The molecule has 0 aliphatic carbocycles. The summed E-state index contributed by atoms with van der Waals surface area (Å²) in [4.78, 5) is 10.3. The maximum absolute atomic E-state index is 10.3. The van der Waals surface area contributed by atoms with E-state index in [2.05, 4.69) is 0 Å². The molecular formula is C7H7NO2Ru. The predicted molar refractivity (Wildman–Crippen MR) is 37.8 cm³/mol. The Bertz CT molecular complexity index is 245. The van der Waals surface area contributed by atoms with Crippen molar-refractivity contribution in [3.63, 3.8) is 0 Å². The molecule has 0 heterocycles. The molecule has 0 radical (unpaired) electrons. The van der Waals surface area contributed by atoms with Gasteiger partial charge in [-0.15, -0.1) is 0 Å². The van der Waals surface area contributed by atoms with Gasteiger partial charge in [0.15, 0.2) is 0 Å². The van der Waals surface area contributed by atoms with Crippen molar-refractivity contribution in [3.8, 4) is 0 Å². The van der Waals surface area contributed by atoms with E-state index in [4.69, 9.17) is 10.8 Å². The van der Waals surface area contributed by atoms with Gasteiger partial charge in [-0.25, -0.2) is 4.79 Å². The van der Waals surface area contributed by atoms with Crippen LogP contribution in [0.15, 0.2) is 24.3 Å². The van der Waals surface area contributed by atoms with Crippen molar-refractivity contribution in [2.24, 2.45) is 0 Å². The number of anilines is 1. The predicted octanol–water partition coefficient (Wildman–Crippen LogP) is 0.965. The molecule has 0 aliphatic heterocycles. The Labute approximate surface area is 77.0 Å². The minimum Gasteiger partial charge on any atom is -0.478 e. The van der Waals surface area contributed by atoms with Gasteiger partial charge in [-0.05, 0) is 24.3 Å². The van der Waals surface area contributed by atoms with Crippen molar-refractivity contribution < 1.29 is 29.4 Å². The van der Waals surface area contributed by atoms with Gasteiger partial charge in [0.2, 0.25) is 0 Å². The molecule has 0 unspecified atom stereocenters.